The normalized spacial score (nSPS) is 18.9. The largest absolute Gasteiger partial charge is 0.378 e. The number of H-pyrrole nitrogens is 1. The first kappa shape index (κ1) is 19.0. The molecule has 6 heteroatoms. The van der Waals surface area contributed by atoms with Gasteiger partial charge in [0.25, 0.3) is 0 Å². The minimum absolute atomic E-state index is 0.410. The van der Waals surface area contributed by atoms with Gasteiger partial charge in [-0.3, -0.25) is 4.90 Å². The van der Waals surface area contributed by atoms with Crippen LogP contribution in [0.1, 0.15) is 49.7 Å². The maximum Gasteiger partial charge on any atom is 0.154 e. The number of nitrogens with zero attached hydrogens (tertiary/aromatic N) is 4. The Bertz CT molecular complexity index is 1230. The van der Waals surface area contributed by atoms with Gasteiger partial charge in [-0.15, -0.1) is 0 Å². The molecule has 0 atom stereocenters. The van der Waals surface area contributed by atoms with Crippen LogP contribution in [0.5, 0.6) is 0 Å². The molecule has 6 nitrogen and oxygen atoms in total. The number of likely N-dealkylation sites (tertiary alicyclic amines) is 1. The van der Waals surface area contributed by atoms with E-state index in [1.54, 1.807) is 6.20 Å². The van der Waals surface area contributed by atoms with Crippen LogP contribution in [-0.4, -0.2) is 56.8 Å². The summed E-state index contributed by atoms with van der Waals surface area (Å²) in [4.78, 5) is 10.9. The summed E-state index contributed by atoms with van der Waals surface area (Å²) >= 11 is 0. The highest BCUT2D eigenvalue weighted by Crippen LogP contribution is 2.38. The number of piperidine rings is 1. The fourth-order valence-electron chi connectivity index (χ4n) is 5.28. The van der Waals surface area contributed by atoms with Crippen molar-refractivity contribution >= 4 is 16.6 Å². The molecule has 5 heterocycles. The number of ether oxygens (including phenoxy) is 1. The maximum absolute atomic E-state index is 5.39. The van der Waals surface area contributed by atoms with Gasteiger partial charge in [0.2, 0.25) is 0 Å². The van der Waals surface area contributed by atoms with Crippen LogP contribution in [0.2, 0.25) is 0 Å². The molecule has 0 saturated carbocycles. The van der Waals surface area contributed by atoms with Crippen molar-refractivity contribution < 1.29 is 4.74 Å². The number of hydrogen-bond acceptors (Lipinski definition) is 4. The van der Waals surface area contributed by atoms with Crippen LogP contribution < -0.4 is 0 Å². The molecule has 2 fully saturated rings. The van der Waals surface area contributed by atoms with Gasteiger partial charge in [-0.05, 0) is 61.0 Å². The molecule has 0 bridgehead atoms. The summed E-state index contributed by atoms with van der Waals surface area (Å²) in [7, 11) is 0. The van der Waals surface area contributed by atoms with E-state index in [4.69, 9.17) is 4.74 Å². The monoisotopic (exact) mass is 415 g/mol. The molecule has 31 heavy (non-hydrogen) atoms. The van der Waals surface area contributed by atoms with Crippen molar-refractivity contribution in [3.63, 3.8) is 0 Å². The van der Waals surface area contributed by atoms with Gasteiger partial charge in [-0.1, -0.05) is 19.9 Å². The minimum atomic E-state index is 0.410. The Morgan fingerprint density at radius 3 is 2.71 bits per heavy atom. The zero-order chi connectivity index (χ0) is 20.9. The van der Waals surface area contributed by atoms with Crippen LogP contribution in [0, 0.1) is 0 Å². The molecule has 3 aromatic heterocycles. The third-order valence-corrected chi connectivity index (χ3v) is 7.11. The maximum atomic E-state index is 5.39. The Hall–Kier alpha value is -2.70. The van der Waals surface area contributed by atoms with Gasteiger partial charge in [0.1, 0.15) is 0 Å². The van der Waals surface area contributed by atoms with Crippen LogP contribution in [0.25, 0.3) is 27.8 Å². The second-order valence-corrected chi connectivity index (χ2v) is 9.35. The highest BCUT2D eigenvalue weighted by atomic mass is 16.5. The van der Waals surface area contributed by atoms with Crippen molar-refractivity contribution in [1.82, 2.24) is 24.5 Å². The number of fused-ring (bicyclic) bond motifs is 2. The summed E-state index contributed by atoms with van der Waals surface area (Å²) in [5, 5.41) is 5.71. The molecule has 6 rings (SSSR count). The number of benzene rings is 1. The van der Waals surface area contributed by atoms with Gasteiger partial charge in [-0.2, -0.15) is 5.10 Å². The van der Waals surface area contributed by atoms with Gasteiger partial charge in [-0.25, -0.2) is 9.50 Å². The Morgan fingerprint density at radius 2 is 1.97 bits per heavy atom. The van der Waals surface area contributed by atoms with Crippen molar-refractivity contribution in [2.45, 2.75) is 44.6 Å². The molecular formula is C25H29N5O. The van der Waals surface area contributed by atoms with E-state index in [1.807, 2.05) is 16.8 Å². The number of rotatable bonds is 4. The molecule has 160 valence electrons. The van der Waals surface area contributed by atoms with Gasteiger partial charge < -0.3 is 9.72 Å². The van der Waals surface area contributed by atoms with E-state index in [0.29, 0.717) is 17.9 Å². The first-order valence-corrected chi connectivity index (χ1v) is 11.4. The van der Waals surface area contributed by atoms with Crippen molar-refractivity contribution in [3.8, 4) is 11.3 Å². The lowest BCUT2D eigenvalue weighted by Crippen LogP contribution is -2.51. The molecule has 2 aliphatic heterocycles. The number of aromatic amines is 1. The SMILES string of the molecule is CC(C)c1c(-c2cnc3ccnn3c2)[nH]c2ccc(C3CCN(C4COC4)CC3)cc12. The van der Waals surface area contributed by atoms with Gasteiger partial charge in [0, 0.05) is 34.9 Å². The average molecular weight is 416 g/mol. The molecule has 2 aliphatic rings. The van der Waals surface area contributed by atoms with Crippen LogP contribution >= 0.6 is 0 Å². The van der Waals surface area contributed by atoms with Crippen molar-refractivity contribution in [2.24, 2.45) is 0 Å². The van der Waals surface area contributed by atoms with Crippen molar-refractivity contribution in [2.75, 3.05) is 26.3 Å². The quantitative estimate of drug-likeness (QED) is 0.530. The molecule has 4 aromatic rings. The lowest BCUT2D eigenvalue weighted by Gasteiger charge is -2.41. The third-order valence-electron chi connectivity index (χ3n) is 7.11. The molecule has 1 aromatic carbocycles. The number of aromatic nitrogens is 4. The highest BCUT2D eigenvalue weighted by Gasteiger charge is 2.30. The van der Waals surface area contributed by atoms with E-state index >= 15 is 0 Å². The van der Waals surface area contributed by atoms with E-state index in [1.165, 1.54) is 48.0 Å². The fourth-order valence-corrected chi connectivity index (χ4v) is 5.28. The second-order valence-electron chi connectivity index (χ2n) is 9.35. The molecule has 1 N–H and O–H groups in total. The summed E-state index contributed by atoms with van der Waals surface area (Å²) < 4.78 is 7.23. The third kappa shape index (κ3) is 3.25. The Kier molecular flexibility index (Phi) is 4.58. The summed E-state index contributed by atoms with van der Waals surface area (Å²) in [6, 6.07) is 9.62. The highest BCUT2D eigenvalue weighted by molar-refractivity contribution is 5.91. The van der Waals surface area contributed by atoms with E-state index in [-0.39, 0.29) is 0 Å². The second kappa shape index (κ2) is 7.46. The van der Waals surface area contributed by atoms with E-state index in [0.717, 1.165) is 30.1 Å². The summed E-state index contributed by atoms with van der Waals surface area (Å²) in [5.74, 6) is 1.05. The topological polar surface area (TPSA) is 58.5 Å². The standard InChI is InChI=1S/C25H29N5O/c1-16(2)24-21-11-18(17-6-9-29(10-7-17)20-14-31-15-20)3-4-22(21)28-25(24)19-12-26-23-5-8-27-30(23)13-19/h3-5,8,11-13,16-17,20,28H,6-7,9-10,14-15H2,1-2H3. The first-order chi connectivity index (χ1) is 15.2. The van der Waals surface area contributed by atoms with E-state index < -0.39 is 0 Å². The lowest BCUT2D eigenvalue weighted by atomic mass is 9.87. The van der Waals surface area contributed by atoms with Crippen LogP contribution in [0.3, 0.4) is 0 Å². The molecule has 0 radical (unpaired) electrons. The van der Waals surface area contributed by atoms with Crippen LogP contribution in [0.15, 0.2) is 42.9 Å². The first-order valence-electron chi connectivity index (χ1n) is 11.4. The van der Waals surface area contributed by atoms with Crippen molar-refractivity contribution in [1.29, 1.82) is 0 Å². The molecule has 0 spiro atoms. The smallest absolute Gasteiger partial charge is 0.154 e. The molecule has 2 saturated heterocycles. The predicted molar refractivity (Wildman–Crippen MR) is 123 cm³/mol. The zero-order valence-electron chi connectivity index (χ0n) is 18.2. The molecular weight excluding hydrogens is 386 g/mol. The molecule has 0 unspecified atom stereocenters. The van der Waals surface area contributed by atoms with Crippen LogP contribution in [0.4, 0.5) is 0 Å². The fraction of sp³-hybridized carbons (Fsp3) is 0.440. The zero-order valence-corrected chi connectivity index (χ0v) is 18.2. The van der Waals surface area contributed by atoms with Crippen LogP contribution in [-0.2, 0) is 4.74 Å². The Morgan fingerprint density at radius 1 is 1.13 bits per heavy atom. The Balaban J connectivity index is 1.35. The van der Waals surface area contributed by atoms with E-state index in [9.17, 15) is 0 Å². The minimum Gasteiger partial charge on any atom is -0.378 e. The number of hydrogen-bond donors (Lipinski definition) is 1. The van der Waals surface area contributed by atoms with Crippen molar-refractivity contribution in [3.05, 3.63) is 54.0 Å². The van der Waals surface area contributed by atoms with Gasteiger partial charge in [0.15, 0.2) is 5.65 Å². The summed E-state index contributed by atoms with van der Waals surface area (Å²) in [6.45, 7) is 8.75. The summed E-state index contributed by atoms with van der Waals surface area (Å²) in [6.07, 6.45) is 8.27. The van der Waals surface area contributed by atoms with Gasteiger partial charge in [0.05, 0.1) is 31.1 Å². The predicted octanol–water partition coefficient (Wildman–Crippen LogP) is 4.58. The Labute approximate surface area is 182 Å². The molecule has 0 aliphatic carbocycles. The average Bonchev–Trinajstić information content (AvgIpc) is 3.36. The van der Waals surface area contributed by atoms with Gasteiger partial charge >= 0.3 is 0 Å². The van der Waals surface area contributed by atoms with E-state index in [2.05, 4.69) is 58.2 Å². The number of nitrogens with one attached hydrogen (secondary N) is 1. The lowest BCUT2D eigenvalue weighted by molar-refractivity contribution is -0.0712. The molecule has 0 amide bonds. The summed E-state index contributed by atoms with van der Waals surface area (Å²) in [5.41, 5.74) is 7.15.